The number of hydrogen-bond donors (Lipinski definition) is 5. The zero-order valence-corrected chi connectivity index (χ0v) is 23.0. The molecule has 0 aliphatic heterocycles. The number of fused-ring (bicyclic) bond motifs is 1. The Bertz CT molecular complexity index is 1870. The maximum atomic E-state index is 13.6. The standard InChI is InChI=1S/C23H15ClFN5O2S.C4H4O4.H3N/c24-22-20(30-33(31,32)17-4-2-1-3-5-17)9-16(11-27-22)15-8-18-19(13-29-23(18)28-12-15)14-6-7-26-21(25)10-14;5-3(6)1-2-4(7)8;/h1-13,30H,(H,28,29);1-2H,(H,5,6)(H,7,8);1H3/b;2-1-;. The number of aromatic amines is 1. The predicted molar refractivity (Wildman–Crippen MR) is 154 cm³/mol. The number of carboxylic acids is 2. The van der Waals surface area contributed by atoms with E-state index in [0.29, 0.717) is 34.5 Å². The first-order valence-electron chi connectivity index (χ1n) is 11.5. The fraction of sp³-hybridized carbons (Fsp3) is 0. The van der Waals surface area contributed by atoms with Gasteiger partial charge in [0.2, 0.25) is 5.95 Å². The van der Waals surface area contributed by atoms with Crippen molar-refractivity contribution >= 4 is 50.3 Å². The third-order valence-corrected chi connectivity index (χ3v) is 7.09. The molecule has 0 unspecified atom stereocenters. The van der Waals surface area contributed by atoms with Gasteiger partial charge in [-0.05, 0) is 35.9 Å². The number of nitrogens with zero attached hydrogens (tertiary/aromatic N) is 3. The number of aliphatic carboxylic acids is 2. The number of sulfonamides is 1. The van der Waals surface area contributed by atoms with Crippen LogP contribution < -0.4 is 10.9 Å². The molecule has 216 valence electrons. The van der Waals surface area contributed by atoms with E-state index in [0.717, 1.165) is 10.9 Å². The lowest BCUT2D eigenvalue weighted by molar-refractivity contribution is -0.134. The molecule has 5 aromatic rings. The van der Waals surface area contributed by atoms with Gasteiger partial charge in [0.05, 0.1) is 10.6 Å². The first kappa shape index (κ1) is 31.3. The molecule has 0 bridgehead atoms. The molecule has 0 spiro atoms. The van der Waals surface area contributed by atoms with Crippen LogP contribution in [0.15, 0.2) is 96.4 Å². The number of nitrogens with one attached hydrogen (secondary N) is 2. The molecular formula is C27H22ClFN6O6S. The Morgan fingerprint density at radius 1 is 0.905 bits per heavy atom. The van der Waals surface area contributed by atoms with Crippen LogP contribution in [0.5, 0.6) is 0 Å². The zero-order valence-electron chi connectivity index (χ0n) is 21.4. The van der Waals surface area contributed by atoms with Crippen molar-refractivity contribution in [2.24, 2.45) is 0 Å². The Balaban J connectivity index is 0.000000475. The molecule has 0 aliphatic rings. The minimum absolute atomic E-state index is 0. The highest BCUT2D eigenvalue weighted by molar-refractivity contribution is 7.92. The minimum atomic E-state index is -3.84. The summed E-state index contributed by atoms with van der Waals surface area (Å²) in [6.45, 7) is 0. The summed E-state index contributed by atoms with van der Waals surface area (Å²) in [5.41, 5.74) is 3.46. The Kier molecular flexibility index (Phi) is 10.0. The van der Waals surface area contributed by atoms with Crippen LogP contribution in [-0.2, 0) is 19.6 Å². The number of benzene rings is 1. The minimum Gasteiger partial charge on any atom is -0.478 e. The van der Waals surface area contributed by atoms with Gasteiger partial charge < -0.3 is 21.3 Å². The lowest BCUT2D eigenvalue weighted by atomic mass is 10.0. The molecule has 7 N–H and O–H groups in total. The largest absolute Gasteiger partial charge is 0.478 e. The van der Waals surface area contributed by atoms with Crippen LogP contribution in [0.1, 0.15) is 0 Å². The average Bonchev–Trinajstić information content (AvgIpc) is 3.37. The van der Waals surface area contributed by atoms with Gasteiger partial charge in [0, 0.05) is 65.1 Å². The molecule has 12 nitrogen and oxygen atoms in total. The third kappa shape index (κ3) is 7.72. The van der Waals surface area contributed by atoms with Gasteiger partial charge >= 0.3 is 11.9 Å². The molecule has 0 saturated carbocycles. The number of pyridine rings is 3. The SMILES string of the molecule is N.O=C(O)/C=C\C(=O)O.O=S(=O)(Nc1cc(-c2cnc3[nH]cc(-c4ccnc(F)c4)c3c2)cnc1Cl)c1ccccc1. The number of carboxylic acid groups (broad SMARTS) is 2. The lowest BCUT2D eigenvalue weighted by Gasteiger charge is -2.11. The van der Waals surface area contributed by atoms with E-state index in [2.05, 4.69) is 24.7 Å². The molecule has 0 atom stereocenters. The number of carbonyl (C=O) groups is 2. The maximum Gasteiger partial charge on any atom is 0.328 e. The second-order valence-corrected chi connectivity index (χ2v) is 10.2. The van der Waals surface area contributed by atoms with Gasteiger partial charge in [-0.2, -0.15) is 4.39 Å². The molecular weight excluding hydrogens is 591 g/mol. The molecule has 0 fully saturated rings. The highest BCUT2D eigenvalue weighted by Crippen LogP contribution is 2.33. The Labute approximate surface area is 243 Å². The summed E-state index contributed by atoms with van der Waals surface area (Å²) in [5.74, 6) is -3.09. The molecule has 1 aromatic carbocycles. The van der Waals surface area contributed by atoms with Crippen molar-refractivity contribution in [2.75, 3.05) is 4.72 Å². The van der Waals surface area contributed by atoms with Crippen LogP contribution in [0, 0.1) is 5.95 Å². The highest BCUT2D eigenvalue weighted by atomic mass is 35.5. The van der Waals surface area contributed by atoms with Crippen molar-refractivity contribution in [3.05, 3.63) is 103 Å². The van der Waals surface area contributed by atoms with E-state index in [-0.39, 0.29) is 21.9 Å². The van der Waals surface area contributed by atoms with E-state index in [4.69, 9.17) is 21.8 Å². The number of anilines is 1. The fourth-order valence-electron chi connectivity index (χ4n) is 3.59. The molecule has 42 heavy (non-hydrogen) atoms. The monoisotopic (exact) mass is 612 g/mol. The van der Waals surface area contributed by atoms with E-state index in [1.54, 1.807) is 42.7 Å². The van der Waals surface area contributed by atoms with Crippen molar-refractivity contribution < 1.29 is 32.6 Å². The van der Waals surface area contributed by atoms with Crippen LogP contribution in [0.25, 0.3) is 33.3 Å². The molecule has 5 rings (SSSR count). The second kappa shape index (κ2) is 13.5. The first-order valence-corrected chi connectivity index (χ1v) is 13.4. The summed E-state index contributed by atoms with van der Waals surface area (Å²) in [5, 5.41) is 16.4. The van der Waals surface area contributed by atoms with Gasteiger partial charge in [0.25, 0.3) is 10.0 Å². The van der Waals surface area contributed by atoms with Crippen molar-refractivity contribution in [3.8, 4) is 22.3 Å². The Morgan fingerprint density at radius 3 is 2.19 bits per heavy atom. The highest BCUT2D eigenvalue weighted by Gasteiger charge is 2.17. The number of hydrogen-bond acceptors (Lipinski definition) is 8. The molecule has 4 aromatic heterocycles. The van der Waals surface area contributed by atoms with Gasteiger partial charge in [-0.3, -0.25) is 4.72 Å². The predicted octanol–water partition coefficient (Wildman–Crippen LogP) is 5.15. The van der Waals surface area contributed by atoms with Crippen LogP contribution in [0.4, 0.5) is 10.1 Å². The normalized spacial score (nSPS) is 10.9. The third-order valence-electron chi connectivity index (χ3n) is 5.41. The van der Waals surface area contributed by atoms with Crippen LogP contribution in [0.3, 0.4) is 0 Å². The van der Waals surface area contributed by atoms with Crippen molar-refractivity contribution in [2.45, 2.75) is 4.90 Å². The van der Waals surface area contributed by atoms with E-state index in [1.807, 2.05) is 6.07 Å². The molecule has 0 aliphatic carbocycles. The molecule has 0 amide bonds. The van der Waals surface area contributed by atoms with Gasteiger partial charge in [-0.25, -0.2) is 33.0 Å². The van der Waals surface area contributed by atoms with E-state index in [1.165, 1.54) is 30.6 Å². The number of halogens is 2. The summed E-state index contributed by atoms with van der Waals surface area (Å²) in [6.07, 6.45) is 7.43. The number of rotatable bonds is 7. The Morgan fingerprint density at radius 2 is 1.55 bits per heavy atom. The van der Waals surface area contributed by atoms with Crippen LogP contribution in [0.2, 0.25) is 5.15 Å². The van der Waals surface area contributed by atoms with Crippen LogP contribution in [-0.4, -0.2) is 50.5 Å². The van der Waals surface area contributed by atoms with Gasteiger partial charge in [-0.15, -0.1) is 0 Å². The first-order chi connectivity index (χ1) is 19.5. The molecule has 0 saturated heterocycles. The van der Waals surface area contributed by atoms with Gasteiger partial charge in [0.15, 0.2) is 5.15 Å². The summed E-state index contributed by atoms with van der Waals surface area (Å²) in [4.78, 5) is 34.5. The van der Waals surface area contributed by atoms with Crippen molar-refractivity contribution in [3.63, 3.8) is 0 Å². The summed E-state index contributed by atoms with van der Waals surface area (Å²) in [6, 6.07) is 14.5. The average molecular weight is 613 g/mol. The van der Waals surface area contributed by atoms with E-state index < -0.39 is 27.9 Å². The summed E-state index contributed by atoms with van der Waals surface area (Å²) in [7, 11) is -3.84. The van der Waals surface area contributed by atoms with E-state index >= 15 is 0 Å². The summed E-state index contributed by atoms with van der Waals surface area (Å²) < 4.78 is 41.6. The summed E-state index contributed by atoms with van der Waals surface area (Å²) >= 11 is 6.17. The maximum absolute atomic E-state index is 13.6. The van der Waals surface area contributed by atoms with E-state index in [9.17, 15) is 22.4 Å². The smallest absolute Gasteiger partial charge is 0.328 e. The molecule has 0 radical (unpaired) electrons. The van der Waals surface area contributed by atoms with Gasteiger partial charge in [0.1, 0.15) is 5.65 Å². The number of H-pyrrole nitrogens is 1. The fourth-order valence-corrected chi connectivity index (χ4v) is 4.88. The Hall–Kier alpha value is -5.18. The topological polar surface area (TPSA) is 210 Å². The second-order valence-electron chi connectivity index (χ2n) is 8.18. The quantitative estimate of drug-likeness (QED) is 0.120. The number of aromatic nitrogens is 4. The van der Waals surface area contributed by atoms with Gasteiger partial charge in [-0.1, -0.05) is 29.8 Å². The lowest BCUT2D eigenvalue weighted by Crippen LogP contribution is -2.13. The molecule has 15 heteroatoms. The molecule has 4 heterocycles. The zero-order chi connectivity index (χ0) is 29.6. The van der Waals surface area contributed by atoms with Crippen LogP contribution >= 0.6 is 11.6 Å². The van der Waals surface area contributed by atoms with Crippen molar-refractivity contribution in [1.82, 2.24) is 26.1 Å². The van der Waals surface area contributed by atoms with Crippen molar-refractivity contribution in [1.29, 1.82) is 0 Å².